The smallest absolute Gasteiger partial charge is 0.254 e. The second-order valence-electron chi connectivity index (χ2n) is 6.04. The third-order valence-electron chi connectivity index (χ3n) is 4.12. The second-order valence-corrected chi connectivity index (χ2v) is 6.45. The number of ether oxygens (including phenoxy) is 2. The number of para-hydroxylation sites is 1. The van der Waals surface area contributed by atoms with Crippen molar-refractivity contribution in [1.82, 2.24) is 5.32 Å². The maximum Gasteiger partial charge on any atom is 0.254 e. The van der Waals surface area contributed by atoms with Gasteiger partial charge in [0.1, 0.15) is 18.5 Å². The lowest BCUT2D eigenvalue weighted by Gasteiger charge is -2.29. The van der Waals surface area contributed by atoms with E-state index in [1.807, 2.05) is 42.3 Å². The summed E-state index contributed by atoms with van der Waals surface area (Å²) in [7, 11) is 1.87. The molecule has 7 heteroatoms. The van der Waals surface area contributed by atoms with Gasteiger partial charge in [0.2, 0.25) is 0 Å². The molecule has 2 aromatic carbocycles. The van der Waals surface area contributed by atoms with Gasteiger partial charge in [-0.2, -0.15) is 0 Å². The van der Waals surface area contributed by atoms with Crippen LogP contribution in [0.1, 0.15) is 10.4 Å². The Morgan fingerprint density at radius 1 is 1.27 bits per heavy atom. The van der Waals surface area contributed by atoms with Gasteiger partial charge in [-0.15, -0.1) is 0 Å². The highest BCUT2D eigenvalue weighted by molar-refractivity contribution is 6.34. The van der Waals surface area contributed by atoms with Crippen molar-refractivity contribution in [2.75, 3.05) is 31.7 Å². The zero-order valence-electron chi connectivity index (χ0n) is 14.4. The minimum absolute atomic E-state index is 0.217. The molecular formula is C19H21ClN2O4. The number of anilines is 1. The number of amides is 1. The van der Waals surface area contributed by atoms with Crippen LogP contribution in [0.2, 0.25) is 5.02 Å². The molecule has 138 valence electrons. The van der Waals surface area contributed by atoms with Crippen LogP contribution in [0.15, 0.2) is 48.5 Å². The number of aliphatic hydroxyl groups is 1. The Morgan fingerprint density at radius 3 is 2.77 bits per heavy atom. The first-order valence-corrected chi connectivity index (χ1v) is 8.71. The molecule has 0 saturated heterocycles. The fraction of sp³-hybridized carbons (Fsp3) is 0.316. The van der Waals surface area contributed by atoms with Gasteiger partial charge in [0, 0.05) is 19.3 Å². The molecule has 2 N–H and O–H groups in total. The van der Waals surface area contributed by atoms with Gasteiger partial charge in [0.25, 0.3) is 5.91 Å². The number of nitrogens with zero attached hydrogens (tertiary/aromatic N) is 1. The van der Waals surface area contributed by atoms with Gasteiger partial charge in [-0.3, -0.25) is 4.79 Å². The van der Waals surface area contributed by atoms with E-state index in [9.17, 15) is 9.90 Å². The quantitative estimate of drug-likeness (QED) is 0.856. The summed E-state index contributed by atoms with van der Waals surface area (Å²) >= 11 is 6.16. The van der Waals surface area contributed by atoms with Crippen molar-refractivity contribution in [3.8, 4) is 5.75 Å². The molecule has 0 aromatic heterocycles. The van der Waals surface area contributed by atoms with E-state index >= 15 is 0 Å². The van der Waals surface area contributed by atoms with Crippen molar-refractivity contribution in [3.05, 3.63) is 59.1 Å². The number of hydrogen-bond acceptors (Lipinski definition) is 5. The van der Waals surface area contributed by atoms with Crippen LogP contribution in [-0.4, -0.2) is 50.2 Å². The minimum Gasteiger partial charge on any atom is -0.491 e. The number of nitrogens with one attached hydrogen (secondary N) is 1. The van der Waals surface area contributed by atoms with Crippen LogP contribution in [0.25, 0.3) is 0 Å². The molecule has 2 bridgehead atoms. The first-order valence-electron chi connectivity index (χ1n) is 8.33. The SMILES string of the molecule is CN(CC(O)C1NC(=O)c2ccc(cc2Cl)OCCO1)c1ccccc1. The number of likely N-dealkylation sites (N-methyl/N-ethyl adjacent to an activating group) is 1. The van der Waals surface area contributed by atoms with Crippen molar-refractivity contribution in [3.63, 3.8) is 0 Å². The van der Waals surface area contributed by atoms with Crippen LogP contribution >= 0.6 is 11.6 Å². The van der Waals surface area contributed by atoms with Crippen molar-refractivity contribution >= 4 is 23.2 Å². The van der Waals surface area contributed by atoms with E-state index in [0.29, 0.717) is 11.3 Å². The Morgan fingerprint density at radius 2 is 2.04 bits per heavy atom. The number of halogens is 1. The molecule has 2 heterocycles. The molecule has 1 amide bonds. The number of rotatable bonds is 4. The first-order chi connectivity index (χ1) is 12.5. The van der Waals surface area contributed by atoms with Gasteiger partial charge >= 0.3 is 0 Å². The first kappa shape index (κ1) is 18.5. The molecule has 0 saturated carbocycles. The van der Waals surface area contributed by atoms with Crippen LogP contribution in [0, 0.1) is 0 Å². The lowest BCUT2D eigenvalue weighted by Crippen LogP contribution is -2.49. The molecule has 2 aromatic rings. The highest BCUT2D eigenvalue weighted by atomic mass is 35.5. The van der Waals surface area contributed by atoms with E-state index in [0.717, 1.165) is 5.69 Å². The number of carbonyl (C=O) groups excluding carboxylic acids is 1. The van der Waals surface area contributed by atoms with Gasteiger partial charge < -0.3 is 24.8 Å². The molecule has 2 aliphatic heterocycles. The summed E-state index contributed by atoms with van der Waals surface area (Å²) in [6.45, 7) is 0.778. The molecular weight excluding hydrogens is 356 g/mol. The fourth-order valence-electron chi connectivity index (χ4n) is 2.72. The molecule has 0 spiro atoms. The van der Waals surface area contributed by atoms with E-state index in [2.05, 4.69) is 5.32 Å². The average molecular weight is 377 g/mol. The average Bonchev–Trinajstić information content (AvgIpc) is 2.69. The number of fused-ring (bicyclic) bond motifs is 8. The maximum absolute atomic E-state index is 12.5. The maximum atomic E-state index is 12.5. The minimum atomic E-state index is -0.943. The highest BCUT2D eigenvalue weighted by Crippen LogP contribution is 2.23. The van der Waals surface area contributed by atoms with Gasteiger partial charge in [-0.25, -0.2) is 0 Å². The third kappa shape index (κ3) is 4.46. The Balaban J connectivity index is 1.72. The van der Waals surface area contributed by atoms with Crippen LogP contribution in [0.4, 0.5) is 5.69 Å². The van der Waals surface area contributed by atoms with Crippen molar-refractivity contribution < 1.29 is 19.4 Å². The molecule has 26 heavy (non-hydrogen) atoms. The predicted octanol–water partition coefficient (Wildman–Crippen LogP) is 2.30. The molecule has 0 fully saturated rings. The zero-order valence-corrected chi connectivity index (χ0v) is 15.1. The van der Waals surface area contributed by atoms with E-state index in [4.69, 9.17) is 21.1 Å². The van der Waals surface area contributed by atoms with Gasteiger partial charge in [-0.05, 0) is 30.3 Å². The Kier molecular flexibility index (Phi) is 5.98. The summed E-state index contributed by atoms with van der Waals surface area (Å²) in [6.07, 6.45) is -1.83. The van der Waals surface area contributed by atoms with Crippen LogP contribution < -0.4 is 15.0 Å². The molecule has 0 aliphatic carbocycles. The highest BCUT2D eigenvalue weighted by Gasteiger charge is 2.25. The predicted molar refractivity (Wildman–Crippen MR) is 99.9 cm³/mol. The molecule has 2 aliphatic rings. The molecule has 0 radical (unpaired) electrons. The van der Waals surface area contributed by atoms with E-state index < -0.39 is 18.2 Å². The summed E-state index contributed by atoms with van der Waals surface area (Å²) in [5.74, 6) is 0.160. The monoisotopic (exact) mass is 376 g/mol. The van der Waals surface area contributed by atoms with Crippen LogP contribution in [0.3, 0.4) is 0 Å². The topological polar surface area (TPSA) is 71.0 Å². The van der Waals surface area contributed by atoms with E-state index in [-0.39, 0.29) is 24.8 Å². The summed E-state index contributed by atoms with van der Waals surface area (Å²) in [4.78, 5) is 14.4. The van der Waals surface area contributed by atoms with Crippen LogP contribution in [-0.2, 0) is 4.74 Å². The molecule has 4 rings (SSSR count). The number of hydrogen-bond donors (Lipinski definition) is 2. The Hall–Kier alpha value is -2.28. The van der Waals surface area contributed by atoms with Crippen molar-refractivity contribution in [2.45, 2.75) is 12.3 Å². The lowest BCUT2D eigenvalue weighted by molar-refractivity contribution is -0.0544. The molecule has 6 nitrogen and oxygen atoms in total. The van der Waals surface area contributed by atoms with Crippen molar-refractivity contribution in [2.24, 2.45) is 0 Å². The molecule has 2 unspecified atom stereocenters. The Labute approximate surface area is 157 Å². The van der Waals surface area contributed by atoms with Gasteiger partial charge in [0.15, 0.2) is 6.23 Å². The Bertz CT molecular complexity index is 756. The summed E-state index contributed by atoms with van der Waals surface area (Å²) in [5, 5.41) is 13.6. The van der Waals surface area contributed by atoms with Crippen LogP contribution in [0.5, 0.6) is 5.75 Å². The number of aliphatic hydroxyl groups excluding tert-OH is 1. The normalized spacial score (nSPS) is 18.4. The van der Waals surface area contributed by atoms with E-state index in [1.165, 1.54) is 0 Å². The standard InChI is InChI=1S/C19H21ClN2O4/c1-22(13-5-3-2-4-6-13)12-17(23)19-21-18(24)15-8-7-14(11-16(15)20)25-9-10-26-19/h2-8,11,17,19,23H,9-10,12H2,1H3,(H,21,24). The third-order valence-corrected chi connectivity index (χ3v) is 4.43. The largest absolute Gasteiger partial charge is 0.491 e. The van der Waals surface area contributed by atoms with Gasteiger partial charge in [0.05, 0.1) is 17.2 Å². The second kappa shape index (κ2) is 8.40. The summed E-state index contributed by atoms with van der Waals surface area (Å²) in [5.41, 5.74) is 1.26. The zero-order chi connectivity index (χ0) is 18.5. The number of carbonyl (C=O) groups is 1. The fourth-order valence-corrected chi connectivity index (χ4v) is 2.98. The van der Waals surface area contributed by atoms with Crippen molar-refractivity contribution in [1.29, 1.82) is 0 Å². The van der Waals surface area contributed by atoms with E-state index in [1.54, 1.807) is 18.2 Å². The number of benzene rings is 2. The lowest BCUT2D eigenvalue weighted by atomic mass is 10.2. The summed E-state index contributed by atoms with van der Waals surface area (Å²) < 4.78 is 11.2. The summed E-state index contributed by atoms with van der Waals surface area (Å²) in [6, 6.07) is 14.5. The molecule has 2 atom stereocenters. The van der Waals surface area contributed by atoms with Gasteiger partial charge in [-0.1, -0.05) is 29.8 Å².